The maximum absolute atomic E-state index is 12.2. The zero-order valence-corrected chi connectivity index (χ0v) is 14.7. The maximum atomic E-state index is 12.2. The minimum Gasteiger partial charge on any atom is -0.497 e. The van der Waals surface area contributed by atoms with Crippen LogP contribution in [0.5, 0.6) is 11.5 Å². The summed E-state index contributed by atoms with van der Waals surface area (Å²) in [6.07, 6.45) is 3.29. The molecule has 0 fully saturated rings. The van der Waals surface area contributed by atoms with Gasteiger partial charge >= 0.3 is 0 Å². The number of amides is 1. The van der Waals surface area contributed by atoms with E-state index in [-0.39, 0.29) is 5.91 Å². The lowest BCUT2D eigenvalue weighted by Crippen LogP contribution is -2.08. The predicted octanol–water partition coefficient (Wildman–Crippen LogP) is 3.19. The standard InChI is InChI=1S/C18H23N3O3/c1-6-21-13(3)17(12(2)20-21)7-8-18(22)19-14-9-15(23-4)11-16(10-14)24-5/h7-11H,6H2,1-5H3,(H,19,22). The van der Waals surface area contributed by atoms with Gasteiger partial charge in [0.15, 0.2) is 0 Å². The number of nitrogens with one attached hydrogen (secondary N) is 1. The normalized spacial score (nSPS) is 10.9. The van der Waals surface area contributed by atoms with Gasteiger partial charge in [-0.3, -0.25) is 9.48 Å². The fourth-order valence-corrected chi connectivity index (χ4v) is 2.48. The molecule has 2 rings (SSSR count). The number of nitrogens with zero attached hydrogens (tertiary/aromatic N) is 2. The number of ether oxygens (including phenoxy) is 2. The summed E-state index contributed by atoms with van der Waals surface area (Å²) in [6.45, 7) is 6.77. The minimum absolute atomic E-state index is 0.228. The van der Waals surface area contributed by atoms with E-state index in [9.17, 15) is 4.79 Å². The summed E-state index contributed by atoms with van der Waals surface area (Å²) in [6, 6.07) is 5.22. The van der Waals surface area contributed by atoms with Crippen LogP contribution in [0.3, 0.4) is 0 Å². The Morgan fingerprint density at radius 1 is 1.21 bits per heavy atom. The SMILES string of the molecule is CCn1nc(C)c(C=CC(=O)Nc2cc(OC)cc(OC)c2)c1C. The van der Waals surface area contributed by atoms with Crippen molar-refractivity contribution in [3.63, 3.8) is 0 Å². The number of benzene rings is 1. The van der Waals surface area contributed by atoms with E-state index in [0.29, 0.717) is 17.2 Å². The third-order valence-corrected chi connectivity index (χ3v) is 3.76. The highest BCUT2D eigenvalue weighted by atomic mass is 16.5. The predicted molar refractivity (Wildman–Crippen MR) is 94.6 cm³/mol. The molecular weight excluding hydrogens is 306 g/mol. The average molecular weight is 329 g/mol. The maximum Gasteiger partial charge on any atom is 0.248 e. The number of anilines is 1. The van der Waals surface area contributed by atoms with E-state index in [1.807, 2.05) is 25.5 Å². The van der Waals surface area contributed by atoms with Crippen LogP contribution in [0.15, 0.2) is 24.3 Å². The molecule has 1 aromatic heterocycles. The van der Waals surface area contributed by atoms with Crippen LogP contribution in [0.25, 0.3) is 6.08 Å². The summed E-state index contributed by atoms with van der Waals surface area (Å²) in [5.74, 6) is 1.00. The van der Waals surface area contributed by atoms with Gasteiger partial charge in [0.2, 0.25) is 5.91 Å². The topological polar surface area (TPSA) is 65.4 Å². The molecule has 0 atom stereocenters. The van der Waals surface area contributed by atoms with Gasteiger partial charge in [-0.15, -0.1) is 0 Å². The van der Waals surface area contributed by atoms with E-state index < -0.39 is 0 Å². The molecule has 0 aliphatic heterocycles. The molecule has 0 unspecified atom stereocenters. The van der Waals surface area contributed by atoms with Crippen LogP contribution in [0.1, 0.15) is 23.9 Å². The van der Waals surface area contributed by atoms with Crippen molar-refractivity contribution in [2.75, 3.05) is 19.5 Å². The lowest BCUT2D eigenvalue weighted by molar-refractivity contribution is -0.111. The Labute approximate surface area is 142 Å². The second-order valence-electron chi connectivity index (χ2n) is 5.32. The lowest BCUT2D eigenvalue weighted by atomic mass is 10.2. The third-order valence-electron chi connectivity index (χ3n) is 3.76. The van der Waals surface area contributed by atoms with Crippen LogP contribution in [-0.4, -0.2) is 29.9 Å². The van der Waals surface area contributed by atoms with Gasteiger partial charge in [0.25, 0.3) is 0 Å². The zero-order chi connectivity index (χ0) is 17.7. The van der Waals surface area contributed by atoms with E-state index in [1.165, 1.54) is 6.08 Å². The number of aromatic nitrogens is 2. The van der Waals surface area contributed by atoms with Crippen molar-refractivity contribution in [1.29, 1.82) is 0 Å². The molecule has 1 heterocycles. The first-order valence-corrected chi connectivity index (χ1v) is 7.74. The smallest absolute Gasteiger partial charge is 0.248 e. The lowest BCUT2D eigenvalue weighted by Gasteiger charge is -2.08. The first-order valence-electron chi connectivity index (χ1n) is 7.74. The van der Waals surface area contributed by atoms with Crippen molar-refractivity contribution >= 4 is 17.7 Å². The Hall–Kier alpha value is -2.76. The van der Waals surface area contributed by atoms with Crippen molar-refractivity contribution in [3.8, 4) is 11.5 Å². The van der Waals surface area contributed by atoms with E-state index in [0.717, 1.165) is 23.5 Å². The average Bonchev–Trinajstić information content (AvgIpc) is 2.86. The molecule has 1 aromatic carbocycles. The molecule has 128 valence electrons. The van der Waals surface area contributed by atoms with Gasteiger partial charge in [-0.05, 0) is 26.8 Å². The summed E-state index contributed by atoms with van der Waals surface area (Å²) in [5.41, 5.74) is 3.53. The van der Waals surface area contributed by atoms with Crippen molar-refractivity contribution in [3.05, 3.63) is 41.2 Å². The highest BCUT2D eigenvalue weighted by Gasteiger charge is 2.08. The number of carbonyl (C=O) groups is 1. The van der Waals surface area contributed by atoms with Crippen LogP contribution in [0, 0.1) is 13.8 Å². The number of carbonyl (C=O) groups excluding carboxylic acids is 1. The number of methoxy groups -OCH3 is 2. The summed E-state index contributed by atoms with van der Waals surface area (Å²) < 4.78 is 12.3. The third kappa shape index (κ3) is 3.95. The molecule has 2 aromatic rings. The van der Waals surface area contributed by atoms with E-state index in [2.05, 4.69) is 10.4 Å². The number of aryl methyl sites for hydroxylation is 2. The van der Waals surface area contributed by atoms with Gasteiger partial charge in [0.05, 0.1) is 19.9 Å². The highest BCUT2D eigenvalue weighted by molar-refractivity contribution is 6.02. The van der Waals surface area contributed by atoms with E-state index >= 15 is 0 Å². The van der Waals surface area contributed by atoms with Crippen LogP contribution in [0.2, 0.25) is 0 Å². The molecule has 0 aliphatic carbocycles. The molecule has 24 heavy (non-hydrogen) atoms. The molecule has 0 saturated heterocycles. The van der Waals surface area contributed by atoms with Crippen LogP contribution in [0.4, 0.5) is 5.69 Å². The van der Waals surface area contributed by atoms with Crippen molar-refractivity contribution in [2.45, 2.75) is 27.3 Å². The molecule has 0 spiro atoms. The Morgan fingerprint density at radius 3 is 2.33 bits per heavy atom. The van der Waals surface area contributed by atoms with E-state index in [4.69, 9.17) is 9.47 Å². The Kier molecular flexibility index (Phi) is 5.63. The Bertz CT molecular complexity index is 741. The summed E-state index contributed by atoms with van der Waals surface area (Å²) in [4.78, 5) is 12.2. The molecule has 0 aliphatic rings. The van der Waals surface area contributed by atoms with Gasteiger partial charge < -0.3 is 14.8 Å². The van der Waals surface area contributed by atoms with Crippen molar-refractivity contribution < 1.29 is 14.3 Å². The summed E-state index contributed by atoms with van der Waals surface area (Å²) in [5, 5.41) is 7.24. The second kappa shape index (κ2) is 7.68. The molecule has 1 N–H and O–H groups in total. The van der Waals surface area contributed by atoms with Gasteiger partial charge in [-0.25, -0.2) is 0 Å². The van der Waals surface area contributed by atoms with E-state index in [1.54, 1.807) is 38.5 Å². The number of hydrogen-bond acceptors (Lipinski definition) is 4. The van der Waals surface area contributed by atoms with Gasteiger partial charge in [0.1, 0.15) is 11.5 Å². The quantitative estimate of drug-likeness (QED) is 0.827. The molecule has 0 bridgehead atoms. The van der Waals surface area contributed by atoms with Crippen LogP contribution >= 0.6 is 0 Å². The number of hydrogen-bond donors (Lipinski definition) is 1. The van der Waals surface area contributed by atoms with Crippen molar-refractivity contribution in [1.82, 2.24) is 9.78 Å². The summed E-state index contributed by atoms with van der Waals surface area (Å²) >= 11 is 0. The van der Waals surface area contributed by atoms with Crippen LogP contribution < -0.4 is 14.8 Å². The number of rotatable bonds is 6. The summed E-state index contributed by atoms with van der Waals surface area (Å²) in [7, 11) is 3.13. The molecule has 6 heteroatoms. The molecule has 0 saturated carbocycles. The zero-order valence-electron chi connectivity index (χ0n) is 14.7. The fourth-order valence-electron chi connectivity index (χ4n) is 2.48. The molecule has 6 nitrogen and oxygen atoms in total. The van der Waals surface area contributed by atoms with Crippen LogP contribution in [-0.2, 0) is 11.3 Å². The van der Waals surface area contributed by atoms with Gasteiger partial charge in [-0.2, -0.15) is 5.10 Å². The van der Waals surface area contributed by atoms with Gasteiger partial charge in [-0.1, -0.05) is 0 Å². The fraction of sp³-hybridized carbons (Fsp3) is 0.333. The monoisotopic (exact) mass is 329 g/mol. The second-order valence-corrected chi connectivity index (χ2v) is 5.32. The highest BCUT2D eigenvalue weighted by Crippen LogP contribution is 2.25. The molecule has 1 amide bonds. The first-order chi connectivity index (χ1) is 11.5. The Morgan fingerprint density at radius 2 is 1.83 bits per heavy atom. The minimum atomic E-state index is -0.228. The molecule has 0 radical (unpaired) electrons. The largest absolute Gasteiger partial charge is 0.497 e. The van der Waals surface area contributed by atoms with Crippen molar-refractivity contribution in [2.24, 2.45) is 0 Å². The van der Waals surface area contributed by atoms with Gasteiger partial charge in [0, 0.05) is 47.8 Å². The Balaban J connectivity index is 2.15. The first kappa shape index (κ1) is 17.6. The molecular formula is C18H23N3O3.